The Bertz CT molecular complexity index is 1120. The SMILES string of the molecule is COc1cc2c(=O)[nH]c3c4cccnc4ccc3c2cc1OC. The monoisotopic (exact) mass is 306 g/mol. The molecule has 2 heterocycles. The number of aromatic nitrogens is 2. The number of ether oxygens (including phenoxy) is 2. The third-order valence-corrected chi connectivity index (χ3v) is 4.08. The molecule has 4 rings (SSSR count). The van der Waals surface area contributed by atoms with Gasteiger partial charge < -0.3 is 14.5 Å². The van der Waals surface area contributed by atoms with Gasteiger partial charge in [-0.05, 0) is 30.3 Å². The van der Waals surface area contributed by atoms with Crippen LogP contribution in [0.15, 0.2) is 47.4 Å². The van der Waals surface area contributed by atoms with E-state index in [0.717, 1.165) is 27.2 Å². The van der Waals surface area contributed by atoms with Crippen molar-refractivity contribution in [3.8, 4) is 11.5 Å². The highest BCUT2D eigenvalue weighted by molar-refractivity contribution is 6.14. The number of nitrogens with one attached hydrogen (secondary N) is 1. The normalized spacial score (nSPS) is 11.2. The third-order valence-electron chi connectivity index (χ3n) is 4.08. The highest BCUT2D eigenvalue weighted by Gasteiger charge is 2.13. The average Bonchev–Trinajstić information content (AvgIpc) is 2.60. The maximum atomic E-state index is 12.5. The summed E-state index contributed by atoms with van der Waals surface area (Å²) in [6.07, 6.45) is 1.74. The third kappa shape index (κ3) is 1.93. The van der Waals surface area contributed by atoms with E-state index in [4.69, 9.17) is 9.47 Å². The molecule has 0 spiro atoms. The van der Waals surface area contributed by atoms with E-state index >= 15 is 0 Å². The van der Waals surface area contributed by atoms with E-state index in [9.17, 15) is 4.79 Å². The molecule has 0 atom stereocenters. The molecule has 1 N–H and O–H groups in total. The number of hydrogen-bond acceptors (Lipinski definition) is 4. The standard InChI is InChI=1S/C18H14N2O3/c1-22-15-8-12-10-5-6-14-11(4-3-7-19-14)17(10)20-18(21)13(12)9-16(15)23-2/h3-9H,1-2H3,(H,20,21). The van der Waals surface area contributed by atoms with Crippen LogP contribution < -0.4 is 15.0 Å². The second-order valence-corrected chi connectivity index (χ2v) is 5.27. The number of nitrogens with zero attached hydrogens (tertiary/aromatic N) is 1. The summed E-state index contributed by atoms with van der Waals surface area (Å²) in [4.78, 5) is 19.8. The summed E-state index contributed by atoms with van der Waals surface area (Å²) < 4.78 is 10.7. The zero-order valence-electron chi connectivity index (χ0n) is 12.7. The lowest BCUT2D eigenvalue weighted by molar-refractivity contribution is 0.356. The van der Waals surface area contributed by atoms with Gasteiger partial charge in [0.05, 0.1) is 30.6 Å². The predicted molar refractivity (Wildman–Crippen MR) is 90.5 cm³/mol. The Labute approximate surface area is 131 Å². The molecule has 0 saturated heterocycles. The molecule has 0 bridgehead atoms. The van der Waals surface area contributed by atoms with E-state index in [1.165, 1.54) is 0 Å². The lowest BCUT2D eigenvalue weighted by atomic mass is 10.0. The van der Waals surface area contributed by atoms with Crippen LogP contribution in [0.1, 0.15) is 0 Å². The molecule has 0 aliphatic heterocycles. The topological polar surface area (TPSA) is 64.2 Å². The Balaban J connectivity index is 2.24. The van der Waals surface area contributed by atoms with Gasteiger partial charge in [-0.25, -0.2) is 0 Å². The lowest BCUT2D eigenvalue weighted by Crippen LogP contribution is -2.07. The van der Waals surface area contributed by atoms with Crippen molar-refractivity contribution in [1.29, 1.82) is 0 Å². The summed E-state index contributed by atoms with van der Waals surface area (Å²) >= 11 is 0. The molecular formula is C18H14N2O3. The molecule has 0 radical (unpaired) electrons. The molecule has 23 heavy (non-hydrogen) atoms. The Hall–Kier alpha value is -3.08. The zero-order chi connectivity index (χ0) is 16.0. The van der Waals surface area contributed by atoms with E-state index in [-0.39, 0.29) is 5.56 Å². The molecule has 0 saturated carbocycles. The quantitative estimate of drug-likeness (QED) is 0.577. The number of fused-ring (bicyclic) bond motifs is 5. The molecular weight excluding hydrogens is 292 g/mol. The number of aromatic amines is 1. The minimum atomic E-state index is -0.162. The van der Waals surface area contributed by atoms with Crippen LogP contribution in [-0.4, -0.2) is 24.2 Å². The van der Waals surface area contributed by atoms with Crippen LogP contribution in [0.4, 0.5) is 0 Å². The number of methoxy groups -OCH3 is 2. The van der Waals surface area contributed by atoms with Gasteiger partial charge in [-0.2, -0.15) is 0 Å². The zero-order valence-corrected chi connectivity index (χ0v) is 12.7. The van der Waals surface area contributed by atoms with Crippen molar-refractivity contribution in [3.05, 3.63) is 52.9 Å². The van der Waals surface area contributed by atoms with Crippen LogP contribution >= 0.6 is 0 Å². The van der Waals surface area contributed by atoms with Crippen molar-refractivity contribution in [2.24, 2.45) is 0 Å². The highest BCUT2D eigenvalue weighted by atomic mass is 16.5. The van der Waals surface area contributed by atoms with Crippen LogP contribution in [-0.2, 0) is 0 Å². The lowest BCUT2D eigenvalue weighted by Gasteiger charge is -2.11. The molecule has 2 aromatic heterocycles. The average molecular weight is 306 g/mol. The first-order valence-electron chi connectivity index (χ1n) is 7.18. The molecule has 0 aliphatic carbocycles. The van der Waals surface area contributed by atoms with Crippen molar-refractivity contribution in [2.75, 3.05) is 14.2 Å². The number of rotatable bonds is 2. The van der Waals surface area contributed by atoms with E-state index in [1.54, 1.807) is 26.5 Å². The summed E-state index contributed by atoms with van der Waals surface area (Å²) in [5.74, 6) is 1.13. The summed E-state index contributed by atoms with van der Waals surface area (Å²) in [5.41, 5.74) is 1.46. The van der Waals surface area contributed by atoms with E-state index in [1.807, 2.05) is 30.3 Å². The maximum Gasteiger partial charge on any atom is 0.256 e. The van der Waals surface area contributed by atoms with Gasteiger partial charge >= 0.3 is 0 Å². The molecule has 0 amide bonds. The van der Waals surface area contributed by atoms with Gasteiger partial charge in [0.1, 0.15) is 0 Å². The van der Waals surface area contributed by atoms with Crippen LogP contribution in [0.2, 0.25) is 0 Å². The predicted octanol–water partition coefficient (Wildman–Crippen LogP) is 3.25. The molecule has 5 nitrogen and oxygen atoms in total. The fourth-order valence-corrected chi connectivity index (χ4v) is 2.98. The van der Waals surface area contributed by atoms with Crippen molar-refractivity contribution in [3.63, 3.8) is 0 Å². The van der Waals surface area contributed by atoms with Crippen LogP contribution in [0.5, 0.6) is 11.5 Å². The van der Waals surface area contributed by atoms with E-state index in [2.05, 4.69) is 9.97 Å². The minimum Gasteiger partial charge on any atom is -0.493 e. The van der Waals surface area contributed by atoms with E-state index < -0.39 is 0 Å². The van der Waals surface area contributed by atoms with Crippen LogP contribution in [0.3, 0.4) is 0 Å². The first-order chi connectivity index (χ1) is 11.2. The largest absolute Gasteiger partial charge is 0.493 e. The van der Waals surface area contributed by atoms with Crippen LogP contribution in [0.25, 0.3) is 32.6 Å². The first kappa shape index (κ1) is 13.6. The Morgan fingerprint density at radius 2 is 1.65 bits per heavy atom. The van der Waals surface area contributed by atoms with Gasteiger partial charge in [-0.1, -0.05) is 6.07 Å². The van der Waals surface area contributed by atoms with Crippen molar-refractivity contribution in [1.82, 2.24) is 9.97 Å². The van der Waals surface area contributed by atoms with Crippen molar-refractivity contribution < 1.29 is 9.47 Å². The minimum absolute atomic E-state index is 0.162. The summed E-state index contributed by atoms with van der Waals surface area (Å²) in [6.45, 7) is 0. The highest BCUT2D eigenvalue weighted by Crippen LogP contribution is 2.34. The molecule has 4 aromatic rings. The first-order valence-corrected chi connectivity index (χ1v) is 7.18. The molecule has 0 unspecified atom stereocenters. The molecule has 5 heteroatoms. The summed E-state index contributed by atoms with van der Waals surface area (Å²) in [5, 5.41) is 3.25. The number of H-pyrrole nitrogens is 1. The number of pyridine rings is 2. The van der Waals surface area contributed by atoms with Gasteiger partial charge in [0.15, 0.2) is 11.5 Å². The van der Waals surface area contributed by atoms with Gasteiger partial charge in [0, 0.05) is 22.4 Å². The van der Waals surface area contributed by atoms with Crippen LogP contribution in [0, 0.1) is 0 Å². The van der Waals surface area contributed by atoms with Gasteiger partial charge in [-0.15, -0.1) is 0 Å². The van der Waals surface area contributed by atoms with Gasteiger partial charge in [0.25, 0.3) is 5.56 Å². The van der Waals surface area contributed by atoms with Crippen molar-refractivity contribution >= 4 is 32.6 Å². The molecule has 2 aromatic carbocycles. The molecule has 0 fully saturated rings. The maximum absolute atomic E-state index is 12.5. The summed E-state index contributed by atoms with van der Waals surface area (Å²) in [6, 6.07) is 11.3. The van der Waals surface area contributed by atoms with Crippen molar-refractivity contribution in [2.45, 2.75) is 0 Å². The Morgan fingerprint density at radius 3 is 2.39 bits per heavy atom. The van der Waals surface area contributed by atoms with Gasteiger partial charge in [0.2, 0.25) is 0 Å². The second-order valence-electron chi connectivity index (χ2n) is 5.27. The Morgan fingerprint density at radius 1 is 0.913 bits per heavy atom. The van der Waals surface area contributed by atoms with Gasteiger partial charge in [-0.3, -0.25) is 9.78 Å². The number of benzene rings is 2. The molecule has 114 valence electrons. The fourth-order valence-electron chi connectivity index (χ4n) is 2.98. The summed E-state index contributed by atoms with van der Waals surface area (Å²) in [7, 11) is 3.14. The Kier molecular flexibility index (Phi) is 2.94. The smallest absolute Gasteiger partial charge is 0.256 e. The van der Waals surface area contributed by atoms with E-state index in [0.29, 0.717) is 16.9 Å². The molecule has 0 aliphatic rings. The second kappa shape index (κ2) is 4.98. The number of hydrogen-bond donors (Lipinski definition) is 1. The fraction of sp³-hybridized carbons (Fsp3) is 0.111.